The monoisotopic (exact) mass is 310 g/mol. The van der Waals surface area contributed by atoms with Crippen molar-refractivity contribution in [2.24, 2.45) is 5.92 Å². The first kappa shape index (κ1) is 13.8. The van der Waals surface area contributed by atoms with Crippen molar-refractivity contribution in [2.45, 2.75) is 38.7 Å². The number of hydrogen-bond donors (Lipinski definition) is 0. The molecule has 0 N–H and O–H groups in total. The summed E-state index contributed by atoms with van der Waals surface area (Å²) in [6.07, 6.45) is 5.78. The van der Waals surface area contributed by atoms with E-state index in [1.54, 1.807) is 0 Å². The maximum atomic E-state index is 11.9. The Labute approximate surface area is 117 Å². The Kier molecular flexibility index (Phi) is 5.39. The molecule has 1 aliphatic carbocycles. The minimum atomic E-state index is 0.248. The van der Waals surface area contributed by atoms with Gasteiger partial charge in [-0.2, -0.15) is 0 Å². The Morgan fingerprint density at radius 1 is 1.22 bits per heavy atom. The molecular formula is C15H19BrO2. The van der Waals surface area contributed by atoms with Gasteiger partial charge in [-0.1, -0.05) is 53.4 Å². The fourth-order valence-electron chi connectivity index (χ4n) is 2.42. The third-order valence-corrected chi connectivity index (χ3v) is 4.29. The predicted octanol–water partition coefficient (Wildman–Crippen LogP) is 4.12. The van der Waals surface area contributed by atoms with Crippen LogP contribution in [0.1, 0.15) is 37.7 Å². The van der Waals surface area contributed by atoms with Gasteiger partial charge in [0.15, 0.2) is 5.78 Å². The van der Waals surface area contributed by atoms with Crippen LogP contribution in [0.4, 0.5) is 0 Å². The Bertz CT molecular complexity index is 397. The van der Waals surface area contributed by atoms with Gasteiger partial charge in [0.1, 0.15) is 6.61 Å². The zero-order chi connectivity index (χ0) is 12.8. The van der Waals surface area contributed by atoms with Crippen LogP contribution >= 0.6 is 15.9 Å². The zero-order valence-corrected chi connectivity index (χ0v) is 12.1. The van der Waals surface area contributed by atoms with E-state index in [1.165, 1.54) is 19.3 Å². The molecule has 18 heavy (non-hydrogen) atoms. The van der Waals surface area contributed by atoms with Gasteiger partial charge in [0.05, 0.1) is 6.61 Å². The Morgan fingerprint density at radius 3 is 2.67 bits per heavy atom. The molecule has 0 aliphatic heterocycles. The summed E-state index contributed by atoms with van der Waals surface area (Å²) >= 11 is 3.48. The number of Topliss-reactive ketones (excluding diaryl/α,β-unsaturated/α-hetero) is 1. The Hall–Kier alpha value is -0.670. The van der Waals surface area contributed by atoms with Crippen LogP contribution in [-0.2, 0) is 16.1 Å². The molecule has 1 aromatic carbocycles. The van der Waals surface area contributed by atoms with Crippen LogP contribution in [0.3, 0.4) is 0 Å². The summed E-state index contributed by atoms with van der Waals surface area (Å²) in [5, 5.41) is 0. The molecule has 0 heterocycles. The van der Waals surface area contributed by atoms with Crippen molar-refractivity contribution >= 4 is 21.7 Å². The second-order valence-electron chi connectivity index (χ2n) is 4.89. The normalized spacial score (nSPS) is 16.7. The number of benzene rings is 1. The van der Waals surface area contributed by atoms with Gasteiger partial charge in [0.25, 0.3) is 0 Å². The van der Waals surface area contributed by atoms with E-state index in [2.05, 4.69) is 15.9 Å². The van der Waals surface area contributed by atoms with Gasteiger partial charge >= 0.3 is 0 Å². The van der Waals surface area contributed by atoms with Gasteiger partial charge < -0.3 is 4.74 Å². The summed E-state index contributed by atoms with van der Waals surface area (Å²) in [6.45, 7) is 0.756. The van der Waals surface area contributed by atoms with Crippen molar-refractivity contribution < 1.29 is 9.53 Å². The maximum absolute atomic E-state index is 11.9. The van der Waals surface area contributed by atoms with Crippen LogP contribution in [0, 0.1) is 5.92 Å². The predicted molar refractivity (Wildman–Crippen MR) is 75.4 cm³/mol. The maximum Gasteiger partial charge on any atom is 0.161 e. The molecule has 0 unspecified atom stereocenters. The van der Waals surface area contributed by atoms with Crippen LogP contribution < -0.4 is 0 Å². The first-order valence-electron chi connectivity index (χ1n) is 6.61. The van der Waals surface area contributed by atoms with Crippen LogP contribution in [0.15, 0.2) is 28.7 Å². The number of ether oxygens (including phenoxy) is 1. The van der Waals surface area contributed by atoms with Gasteiger partial charge in [-0.3, -0.25) is 4.79 Å². The Balaban J connectivity index is 1.75. The molecule has 0 saturated heterocycles. The first-order chi connectivity index (χ1) is 8.77. The molecule has 0 atom stereocenters. The van der Waals surface area contributed by atoms with Crippen molar-refractivity contribution in [3.8, 4) is 0 Å². The van der Waals surface area contributed by atoms with Crippen LogP contribution in [0.5, 0.6) is 0 Å². The minimum absolute atomic E-state index is 0.248. The fraction of sp³-hybridized carbons (Fsp3) is 0.533. The van der Waals surface area contributed by atoms with Crippen LogP contribution in [-0.4, -0.2) is 12.4 Å². The topological polar surface area (TPSA) is 26.3 Å². The molecule has 98 valence electrons. The molecule has 1 aromatic rings. The van der Waals surface area contributed by atoms with E-state index in [1.807, 2.05) is 24.3 Å². The molecule has 0 radical (unpaired) electrons. The lowest BCUT2D eigenvalue weighted by molar-refractivity contribution is -0.128. The number of carbonyl (C=O) groups excluding carboxylic acids is 1. The highest BCUT2D eigenvalue weighted by Crippen LogP contribution is 2.24. The second-order valence-corrected chi connectivity index (χ2v) is 5.74. The summed E-state index contributed by atoms with van der Waals surface area (Å²) in [7, 11) is 0. The van der Waals surface area contributed by atoms with Gasteiger partial charge in [-0.05, 0) is 24.5 Å². The van der Waals surface area contributed by atoms with Gasteiger partial charge in [0.2, 0.25) is 0 Å². The van der Waals surface area contributed by atoms with Crippen molar-refractivity contribution in [3.05, 3.63) is 34.3 Å². The zero-order valence-electron chi connectivity index (χ0n) is 10.5. The van der Waals surface area contributed by atoms with Gasteiger partial charge in [-0.15, -0.1) is 0 Å². The lowest BCUT2D eigenvalue weighted by atomic mass is 9.86. The third-order valence-electron chi connectivity index (χ3n) is 3.52. The molecule has 0 amide bonds. The lowest BCUT2D eigenvalue weighted by Crippen LogP contribution is -2.22. The summed E-state index contributed by atoms with van der Waals surface area (Å²) in [5.74, 6) is 0.528. The average Bonchev–Trinajstić information content (AvgIpc) is 2.42. The number of rotatable bonds is 5. The minimum Gasteiger partial charge on any atom is -0.369 e. The summed E-state index contributed by atoms with van der Waals surface area (Å²) < 4.78 is 6.57. The molecule has 0 bridgehead atoms. The number of ketones is 1. The highest BCUT2D eigenvalue weighted by Gasteiger charge is 2.20. The van der Waals surface area contributed by atoms with Gasteiger partial charge in [-0.25, -0.2) is 0 Å². The molecule has 2 rings (SSSR count). The molecule has 0 aromatic heterocycles. The van der Waals surface area contributed by atoms with Crippen LogP contribution in [0.2, 0.25) is 0 Å². The van der Waals surface area contributed by atoms with E-state index in [4.69, 9.17) is 4.74 Å². The lowest BCUT2D eigenvalue weighted by Gasteiger charge is -2.20. The molecule has 2 nitrogen and oxygen atoms in total. The van der Waals surface area contributed by atoms with Crippen molar-refractivity contribution in [3.63, 3.8) is 0 Å². The SMILES string of the molecule is O=C(COCc1ccccc1Br)C1CCCCC1. The highest BCUT2D eigenvalue weighted by molar-refractivity contribution is 9.10. The van der Waals surface area contributed by atoms with Crippen molar-refractivity contribution in [1.82, 2.24) is 0 Å². The van der Waals surface area contributed by atoms with Crippen molar-refractivity contribution in [2.75, 3.05) is 6.61 Å². The van der Waals surface area contributed by atoms with Crippen molar-refractivity contribution in [1.29, 1.82) is 0 Å². The number of hydrogen-bond acceptors (Lipinski definition) is 2. The van der Waals surface area contributed by atoms with Crippen LogP contribution in [0.25, 0.3) is 0 Å². The van der Waals surface area contributed by atoms with E-state index in [9.17, 15) is 4.79 Å². The standard InChI is InChI=1S/C15H19BrO2/c16-14-9-5-4-8-13(14)10-18-11-15(17)12-6-2-1-3-7-12/h4-5,8-9,12H,1-3,6-7,10-11H2. The molecule has 3 heteroatoms. The average molecular weight is 311 g/mol. The molecule has 1 fully saturated rings. The number of halogens is 1. The number of carbonyl (C=O) groups is 1. The summed E-state index contributed by atoms with van der Waals surface area (Å²) in [5.41, 5.74) is 1.09. The Morgan fingerprint density at radius 2 is 1.94 bits per heavy atom. The smallest absolute Gasteiger partial charge is 0.161 e. The van der Waals surface area contributed by atoms with Gasteiger partial charge in [0, 0.05) is 10.4 Å². The second kappa shape index (κ2) is 7.05. The highest BCUT2D eigenvalue weighted by atomic mass is 79.9. The van der Waals surface area contributed by atoms with E-state index >= 15 is 0 Å². The summed E-state index contributed by atoms with van der Waals surface area (Å²) in [4.78, 5) is 11.9. The first-order valence-corrected chi connectivity index (χ1v) is 7.40. The molecular weight excluding hydrogens is 292 g/mol. The van der Waals surface area contributed by atoms with E-state index in [0.29, 0.717) is 6.61 Å². The van der Waals surface area contributed by atoms with E-state index < -0.39 is 0 Å². The molecule has 0 spiro atoms. The molecule has 1 aliphatic rings. The summed E-state index contributed by atoms with van der Waals surface area (Å²) in [6, 6.07) is 7.95. The molecule has 1 saturated carbocycles. The van der Waals surface area contributed by atoms with E-state index in [0.717, 1.165) is 22.9 Å². The largest absolute Gasteiger partial charge is 0.369 e. The third kappa shape index (κ3) is 3.92. The van der Waals surface area contributed by atoms with E-state index in [-0.39, 0.29) is 18.3 Å². The fourth-order valence-corrected chi connectivity index (χ4v) is 2.82. The quantitative estimate of drug-likeness (QED) is 0.818.